The summed E-state index contributed by atoms with van der Waals surface area (Å²) in [6.45, 7) is 6.87. The number of piperidine rings is 1. The second-order valence-corrected chi connectivity index (χ2v) is 10.5. The van der Waals surface area contributed by atoms with Gasteiger partial charge in [0.05, 0.1) is 6.26 Å². The lowest BCUT2D eigenvalue weighted by molar-refractivity contribution is 0.212. The Labute approximate surface area is 183 Å². The molecule has 0 atom stereocenters. The van der Waals surface area contributed by atoms with Crippen LogP contribution in [0.15, 0.2) is 18.2 Å². The number of anilines is 1. The smallest absolute Gasteiger partial charge is 0.321 e. The molecular formula is C21H30N6O3S. The number of urea groups is 1. The first-order chi connectivity index (χ1) is 14.7. The van der Waals surface area contributed by atoms with Crippen molar-refractivity contribution in [3.8, 4) is 0 Å². The van der Waals surface area contributed by atoms with Crippen molar-refractivity contribution in [2.24, 2.45) is 0 Å². The Balaban J connectivity index is 1.41. The first-order valence-corrected chi connectivity index (χ1v) is 12.6. The van der Waals surface area contributed by atoms with E-state index in [1.165, 1.54) is 10.6 Å². The Hall–Kier alpha value is -2.46. The fourth-order valence-electron chi connectivity index (χ4n) is 4.38. The van der Waals surface area contributed by atoms with Crippen LogP contribution in [0.5, 0.6) is 0 Å². The highest BCUT2D eigenvalue weighted by molar-refractivity contribution is 7.88. The zero-order valence-corrected chi connectivity index (χ0v) is 19.2. The molecule has 0 aliphatic carbocycles. The van der Waals surface area contributed by atoms with Gasteiger partial charge in [-0.25, -0.2) is 17.5 Å². The number of sulfonamides is 1. The minimum absolute atomic E-state index is 0.101. The summed E-state index contributed by atoms with van der Waals surface area (Å²) in [6, 6.07) is 5.80. The molecule has 2 amide bonds. The summed E-state index contributed by atoms with van der Waals surface area (Å²) in [5, 5.41) is 11.9. The fraction of sp³-hybridized carbons (Fsp3) is 0.571. The third-order valence-corrected chi connectivity index (χ3v) is 7.78. The minimum atomic E-state index is -3.15. The second-order valence-electron chi connectivity index (χ2n) is 8.48. The second kappa shape index (κ2) is 8.58. The standard InChI is InChI=1S/C21H30N6O3S/c1-15-5-4-6-18(16(15)2)22-21(28)25-10-9-19-23-24-20(27(19)14-13-25)17-7-11-26(12-8-17)31(3,29)30/h4-6,17H,7-14H2,1-3H3,(H,22,28). The van der Waals surface area contributed by atoms with Crippen molar-refractivity contribution in [2.45, 2.75) is 45.6 Å². The highest BCUT2D eigenvalue weighted by atomic mass is 32.2. The Morgan fingerprint density at radius 3 is 2.52 bits per heavy atom. The summed E-state index contributed by atoms with van der Waals surface area (Å²) in [4.78, 5) is 14.7. The number of benzene rings is 1. The van der Waals surface area contributed by atoms with Crippen LogP contribution in [-0.2, 0) is 23.0 Å². The molecule has 1 fully saturated rings. The van der Waals surface area contributed by atoms with Gasteiger partial charge in [-0.05, 0) is 43.9 Å². The van der Waals surface area contributed by atoms with Crippen molar-refractivity contribution in [3.05, 3.63) is 41.0 Å². The molecule has 1 aromatic heterocycles. The summed E-state index contributed by atoms with van der Waals surface area (Å²) in [5.74, 6) is 2.00. The van der Waals surface area contributed by atoms with Crippen LogP contribution in [0.4, 0.5) is 10.5 Å². The van der Waals surface area contributed by atoms with Crippen LogP contribution in [0.25, 0.3) is 0 Å². The number of rotatable bonds is 3. The Morgan fingerprint density at radius 1 is 1.06 bits per heavy atom. The summed E-state index contributed by atoms with van der Waals surface area (Å²) in [5.41, 5.74) is 3.06. The van der Waals surface area contributed by atoms with Crippen molar-refractivity contribution >= 4 is 21.7 Å². The minimum Gasteiger partial charge on any atom is -0.322 e. The average molecular weight is 447 g/mol. The summed E-state index contributed by atoms with van der Waals surface area (Å²) in [6.07, 6.45) is 3.38. The van der Waals surface area contributed by atoms with E-state index < -0.39 is 10.0 Å². The van der Waals surface area contributed by atoms with E-state index in [4.69, 9.17) is 0 Å². The molecule has 3 heterocycles. The van der Waals surface area contributed by atoms with E-state index in [1.54, 1.807) is 0 Å². The molecule has 0 unspecified atom stereocenters. The zero-order valence-electron chi connectivity index (χ0n) is 18.3. The SMILES string of the molecule is Cc1cccc(NC(=O)N2CCc3nnc(C4CCN(S(C)(=O)=O)CC4)n3CC2)c1C. The molecule has 0 saturated carbocycles. The third-order valence-electron chi connectivity index (χ3n) is 6.48. The molecule has 168 valence electrons. The largest absolute Gasteiger partial charge is 0.322 e. The molecule has 0 radical (unpaired) electrons. The van der Waals surface area contributed by atoms with Gasteiger partial charge in [-0.2, -0.15) is 0 Å². The van der Waals surface area contributed by atoms with Crippen molar-refractivity contribution in [3.63, 3.8) is 0 Å². The van der Waals surface area contributed by atoms with E-state index in [0.717, 1.165) is 41.3 Å². The highest BCUT2D eigenvalue weighted by Crippen LogP contribution is 2.29. The number of nitrogens with zero attached hydrogens (tertiary/aromatic N) is 5. The maximum Gasteiger partial charge on any atom is 0.321 e. The van der Waals surface area contributed by atoms with Crippen molar-refractivity contribution in [1.82, 2.24) is 24.0 Å². The maximum atomic E-state index is 12.9. The lowest BCUT2D eigenvalue weighted by Crippen LogP contribution is -2.38. The van der Waals surface area contributed by atoms with Gasteiger partial charge in [0.25, 0.3) is 0 Å². The monoisotopic (exact) mass is 446 g/mol. The van der Waals surface area contributed by atoms with E-state index in [2.05, 4.69) is 20.1 Å². The van der Waals surface area contributed by atoms with Crippen LogP contribution in [0.1, 0.15) is 41.5 Å². The molecule has 10 heteroatoms. The van der Waals surface area contributed by atoms with Gasteiger partial charge in [0.1, 0.15) is 11.6 Å². The molecule has 2 aliphatic rings. The number of aromatic nitrogens is 3. The van der Waals surface area contributed by atoms with E-state index in [9.17, 15) is 13.2 Å². The maximum absolute atomic E-state index is 12.9. The Kier molecular flexibility index (Phi) is 6.02. The molecule has 4 rings (SSSR count). The predicted octanol–water partition coefficient (Wildman–Crippen LogP) is 2.12. The van der Waals surface area contributed by atoms with E-state index >= 15 is 0 Å². The van der Waals surface area contributed by atoms with Crippen LogP contribution in [0.2, 0.25) is 0 Å². The number of aryl methyl sites for hydroxylation is 1. The number of hydrogen-bond donors (Lipinski definition) is 1. The number of carbonyl (C=O) groups is 1. The summed E-state index contributed by atoms with van der Waals surface area (Å²) >= 11 is 0. The van der Waals surface area contributed by atoms with Gasteiger partial charge < -0.3 is 14.8 Å². The molecule has 1 saturated heterocycles. The van der Waals surface area contributed by atoms with Crippen molar-refractivity contribution < 1.29 is 13.2 Å². The molecule has 1 aromatic carbocycles. The van der Waals surface area contributed by atoms with Gasteiger partial charge in [-0.15, -0.1) is 10.2 Å². The van der Waals surface area contributed by atoms with Gasteiger partial charge in [0.15, 0.2) is 0 Å². The van der Waals surface area contributed by atoms with E-state index in [-0.39, 0.29) is 11.9 Å². The first kappa shape index (κ1) is 21.8. The summed E-state index contributed by atoms with van der Waals surface area (Å²) < 4.78 is 27.2. The third kappa shape index (κ3) is 4.59. The normalized spacial score (nSPS) is 18.5. The van der Waals surface area contributed by atoms with E-state index in [1.807, 2.05) is 36.9 Å². The van der Waals surface area contributed by atoms with Crippen LogP contribution < -0.4 is 5.32 Å². The van der Waals surface area contributed by atoms with Crippen LogP contribution in [0.3, 0.4) is 0 Å². The molecule has 2 aliphatic heterocycles. The highest BCUT2D eigenvalue weighted by Gasteiger charge is 2.30. The number of nitrogens with one attached hydrogen (secondary N) is 1. The first-order valence-electron chi connectivity index (χ1n) is 10.7. The van der Waals surface area contributed by atoms with Gasteiger partial charge in [-0.3, -0.25) is 0 Å². The van der Waals surface area contributed by atoms with Gasteiger partial charge >= 0.3 is 6.03 Å². The average Bonchev–Trinajstić information content (AvgIpc) is 3.01. The van der Waals surface area contributed by atoms with Crippen molar-refractivity contribution in [1.29, 1.82) is 0 Å². The zero-order chi connectivity index (χ0) is 22.2. The van der Waals surface area contributed by atoms with Gasteiger partial charge in [0, 0.05) is 50.7 Å². The number of fused-ring (bicyclic) bond motifs is 1. The number of carbonyl (C=O) groups excluding carboxylic acids is 1. The molecule has 2 aromatic rings. The van der Waals surface area contributed by atoms with Crippen molar-refractivity contribution in [2.75, 3.05) is 37.8 Å². The molecule has 0 bridgehead atoms. The molecule has 1 N–H and O–H groups in total. The molecule has 0 spiro atoms. The van der Waals surface area contributed by atoms with Crippen LogP contribution in [0, 0.1) is 13.8 Å². The predicted molar refractivity (Wildman–Crippen MR) is 119 cm³/mol. The lowest BCUT2D eigenvalue weighted by Gasteiger charge is -2.30. The fourth-order valence-corrected chi connectivity index (χ4v) is 5.25. The van der Waals surface area contributed by atoms with Gasteiger partial charge in [-0.1, -0.05) is 12.1 Å². The molecule has 9 nitrogen and oxygen atoms in total. The Morgan fingerprint density at radius 2 is 1.81 bits per heavy atom. The van der Waals surface area contributed by atoms with Gasteiger partial charge in [0.2, 0.25) is 10.0 Å². The molecular weight excluding hydrogens is 416 g/mol. The lowest BCUT2D eigenvalue weighted by atomic mass is 9.97. The van der Waals surface area contributed by atoms with Crippen LogP contribution in [-0.4, -0.2) is 70.9 Å². The topological polar surface area (TPSA) is 100 Å². The number of hydrogen-bond acceptors (Lipinski definition) is 5. The van der Waals surface area contributed by atoms with Crippen LogP contribution >= 0.6 is 0 Å². The Bertz CT molecular complexity index is 1070. The van der Waals surface area contributed by atoms with E-state index in [0.29, 0.717) is 39.1 Å². The quantitative estimate of drug-likeness (QED) is 0.778. The molecule has 31 heavy (non-hydrogen) atoms. The number of amides is 2. The summed E-state index contributed by atoms with van der Waals surface area (Å²) in [7, 11) is -3.15.